The van der Waals surface area contributed by atoms with Crippen LogP contribution in [0, 0.1) is 22.7 Å². The van der Waals surface area contributed by atoms with Crippen LogP contribution in [0.4, 0.5) is 0 Å². The molecule has 4 fully saturated rings. The van der Waals surface area contributed by atoms with E-state index in [9.17, 15) is 9.90 Å². The van der Waals surface area contributed by atoms with Crippen LogP contribution in [0.1, 0.15) is 71.4 Å². The lowest BCUT2D eigenvalue weighted by atomic mass is 9.53. The number of hydrogen-bond acceptors (Lipinski definition) is 11. The molecule has 0 amide bonds. The van der Waals surface area contributed by atoms with E-state index in [1.807, 2.05) is 89.2 Å². The highest BCUT2D eigenvalue weighted by atomic mass is 16.8. The summed E-state index contributed by atoms with van der Waals surface area (Å²) in [6.07, 6.45) is -1.70. The Morgan fingerprint density at radius 1 is 0.843 bits per heavy atom. The van der Waals surface area contributed by atoms with Gasteiger partial charge >= 0.3 is 0 Å². The zero-order chi connectivity index (χ0) is 36.7. The Labute approximate surface area is 301 Å². The quantitative estimate of drug-likeness (QED) is 0.225. The molecule has 2 bridgehead atoms. The summed E-state index contributed by atoms with van der Waals surface area (Å²) in [6.45, 7) is 9.58. The fraction of sp³-hybridized carbons (Fsp3) is 0.650. The highest BCUT2D eigenvalue weighted by Gasteiger charge is 2.73. The minimum Gasteiger partial charge on any atom is -0.497 e. The summed E-state index contributed by atoms with van der Waals surface area (Å²) in [5.74, 6) is -2.17. The molecule has 0 aromatic heterocycles. The van der Waals surface area contributed by atoms with Gasteiger partial charge in [-0.05, 0) is 56.9 Å². The number of carbonyl (C=O) groups excluding carboxylic acids is 2. The number of aliphatic hydroxyl groups is 1. The zero-order valence-electron chi connectivity index (χ0n) is 31.0. The van der Waals surface area contributed by atoms with E-state index >= 15 is 4.79 Å². The highest BCUT2D eigenvalue weighted by Crippen LogP contribution is 2.62. The number of carbonyl (C=O) groups is 2. The van der Waals surface area contributed by atoms with Crippen molar-refractivity contribution in [3.8, 4) is 5.75 Å². The average Bonchev–Trinajstić information content (AvgIpc) is 3.57. The van der Waals surface area contributed by atoms with Crippen molar-refractivity contribution >= 4 is 11.6 Å². The van der Waals surface area contributed by atoms with Crippen molar-refractivity contribution in [3.63, 3.8) is 0 Å². The number of fused-ring (bicyclic) bond motifs is 4. The fourth-order valence-corrected chi connectivity index (χ4v) is 9.24. The van der Waals surface area contributed by atoms with E-state index in [1.54, 1.807) is 7.11 Å². The molecule has 1 heterocycles. The summed E-state index contributed by atoms with van der Waals surface area (Å²) in [6, 6.07) is 17.4. The molecule has 3 aliphatic carbocycles. The number of rotatable bonds is 12. The first-order valence-electron chi connectivity index (χ1n) is 17.9. The van der Waals surface area contributed by atoms with Crippen LogP contribution in [-0.4, -0.2) is 86.4 Å². The van der Waals surface area contributed by atoms with Crippen molar-refractivity contribution in [1.29, 1.82) is 0 Å². The van der Waals surface area contributed by atoms with Crippen molar-refractivity contribution < 1.29 is 52.6 Å². The molecule has 1 N–H and O–H groups in total. The minimum absolute atomic E-state index is 0.0696. The van der Waals surface area contributed by atoms with Crippen LogP contribution in [0.3, 0.4) is 0 Å². The SMILES string of the molecule is COCO[C@H]1C(=O)[C@]2(C)[C@@H](OCOCc3ccccc3)C[C@@H](OCc3ccc(OC)cc3)[C@@]3(COC(C)(C)O3)[C@H]2CC(=O)[C@@]2(O)CC[C@H]1C2(C)C. The lowest BCUT2D eigenvalue weighted by Gasteiger charge is -2.57. The third-order valence-corrected chi connectivity index (χ3v) is 12.3. The van der Waals surface area contributed by atoms with Crippen LogP contribution in [-0.2, 0) is 56.0 Å². The van der Waals surface area contributed by atoms with Gasteiger partial charge in [-0.3, -0.25) is 9.59 Å². The average molecular weight is 711 g/mol. The highest BCUT2D eigenvalue weighted by molar-refractivity contribution is 5.95. The molecule has 2 aromatic rings. The van der Waals surface area contributed by atoms with Gasteiger partial charge in [0.2, 0.25) is 0 Å². The molecular weight excluding hydrogens is 656 g/mol. The summed E-state index contributed by atoms with van der Waals surface area (Å²) in [7, 11) is 3.12. The van der Waals surface area contributed by atoms with Gasteiger partial charge in [-0.2, -0.15) is 0 Å². The summed E-state index contributed by atoms with van der Waals surface area (Å²) in [4.78, 5) is 30.1. The first-order valence-corrected chi connectivity index (χ1v) is 17.9. The van der Waals surface area contributed by atoms with Crippen molar-refractivity contribution in [3.05, 3.63) is 65.7 Å². The molecule has 8 atom stereocenters. The Morgan fingerprint density at radius 3 is 2.20 bits per heavy atom. The normalized spacial score (nSPS) is 35.6. The lowest BCUT2D eigenvalue weighted by molar-refractivity contribution is -0.272. The molecule has 3 saturated carbocycles. The third-order valence-electron chi connectivity index (χ3n) is 12.3. The maximum absolute atomic E-state index is 15.5. The maximum atomic E-state index is 15.5. The molecule has 280 valence electrons. The standard InChI is InChI=1S/C40H54O11/c1-36(2)29-17-18-40(36,43)31(41)19-30-38(5,35(42)34(29)49-24-44-6)32(48-25-46-21-26-11-9-8-10-12-26)20-33(39(30)23-50-37(3,4)51-39)47-22-27-13-15-28(45-7)16-14-27/h8-16,29-30,32-34,43H,17-25H2,1-7H3/t29-,30+,32+,33-,34-,38+,39-,40+/m1/s1. The lowest BCUT2D eigenvalue weighted by Crippen LogP contribution is -2.69. The number of benzene rings is 2. The Morgan fingerprint density at radius 2 is 1.55 bits per heavy atom. The Kier molecular flexibility index (Phi) is 10.9. The molecule has 51 heavy (non-hydrogen) atoms. The Bertz CT molecular complexity index is 1530. The van der Waals surface area contributed by atoms with Gasteiger partial charge in [-0.25, -0.2) is 0 Å². The molecule has 0 unspecified atom stereocenters. The fourth-order valence-electron chi connectivity index (χ4n) is 9.24. The molecule has 6 rings (SSSR count). The summed E-state index contributed by atoms with van der Waals surface area (Å²) in [5.41, 5.74) is -3.39. The second kappa shape index (κ2) is 14.6. The van der Waals surface area contributed by atoms with Crippen LogP contribution in [0.5, 0.6) is 5.75 Å². The number of hydrogen-bond donors (Lipinski definition) is 1. The van der Waals surface area contributed by atoms with Gasteiger partial charge in [0.25, 0.3) is 0 Å². The largest absolute Gasteiger partial charge is 0.497 e. The van der Waals surface area contributed by atoms with Crippen molar-refractivity contribution in [2.24, 2.45) is 22.7 Å². The van der Waals surface area contributed by atoms with E-state index in [2.05, 4.69) is 0 Å². The molecule has 4 aliphatic rings. The van der Waals surface area contributed by atoms with Gasteiger partial charge in [0, 0.05) is 37.2 Å². The maximum Gasteiger partial charge on any atom is 0.170 e. The van der Waals surface area contributed by atoms with Crippen molar-refractivity contribution in [2.45, 2.75) is 109 Å². The van der Waals surface area contributed by atoms with Crippen LogP contribution in [0.2, 0.25) is 0 Å². The second-order valence-electron chi connectivity index (χ2n) is 15.8. The van der Waals surface area contributed by atoms with Crippen LogP contribution < -0.4 is 4.74 Å². The van der Waals surface area contributed by atoms with Crippen LogP contribution >= 0.6 is 0 Å². The van der Waals surface area contributed by atoms with Crippen molar-refractivity contribution in [2.75, 3.05) is 34.4 Å². The number of ketones is 2. The molecule has 1 spiro atoms. The van der Waals surface area contributed by atoms with Gasteiger partial charge in [-0.1, -0.05) is 56.3 Å². The van der Waals surface area contributed by atoms with Crippen molar-refractivity contribution in [1.82, 2.24) is 0 Å². The monoisotopic (exact) mass is 710 g/mol. The van der Waals surface area contributed by atoms with Crippen LogP contribution in [0.25, 0.3) is 0 Å². The predicted octanol–water partition coefficient (Wildman–Crippen LogP) is 5.39. The first-order chi connectivity index (χ1) is 24.2. The van der Waals surface area contributed by atoms with E-state index in [4.69, 9.17) is 37.9 Å². The summed E-state index contributed by atoms with van der Waals surface area (Å²) in [5, 5.41) is 12.3. The van der Waals surface area contributed by atoms with E-state index in [0.717, 1.165) is 16.9 Å². The molecule has 0 radical (unpaired) electrons. The van der Waals surface area contributed by atoms with E-state index in [1.165, 1.54) is 7.11 Å². The van der Waals surface area contributed by atoms with Gasteiger partial charge < -0.3 is 43.0 Å². The van der Waals surface area contributed by atoms with Gasteiger partial charge in [0.1, 0.15) is 36.6 Å². The summed E-state index contributed by atoms with van der Waals surface area (Å²) >= 11 is 0. The van der Waals surface area contributed by atoms with E-state index in [-0.39, 0.29) is 57.6 Å². The molecule has 1 aliphatic heterocycles. The number of methoxy groups -OCH3 is 2. The molecule has 11 nitrogen and oxygen atoms in total. The summed E-state index contributed by atoms with van der Waals surface area (Å²) < 4.78 is 49.5. The smallest absolute Gasteiger partial charge is 0.170 e. The number of Topliss-reactive ketones (excluding diaryl/α,β-unsaturated/α-hetero) is 2. The molecule has 1 saturated heterocycles. The van der Waals surface area contributed by atoms with Crippen LogP contribution in [0.15, 0.2) is 54.6 Å². The Hall–Kier alpha value is -2.74. The minimum atomic E-state index is -1.69. The first kappa shape index (κ1) is 38.0. The molecule has 11 heteroatoms. The van der Waals surface area contributed by atoms with E-state index in [0.29, 0.717) is 13.0 Å². The zero-order valence-corrected chi connectivity index (χ0v) is 31.0. The van der Waals surface area contributed by atoms with Gasteiger partial charge in [-0.15, -0.1) is 0 Å². The molecule has 2 aromatic carbocycles. The van der Waals surface area contributed by atoms with Gasteiger partial charge in [0.15, 0.2) is 17.4 Å². The predicted molar refractivity (Wildman–Crippen MR) is 185 cm³/mol. The molecular formula is C40H54O11. The second-order valence-corrected chi connectivity index (χ2v) is 15.8. The number of ether oxygens (including phenoxy) is 8. The third kappa shape index (κ3) is 6.81. The Balaban J connectivity index is 1.43. The topological polar surface area (TPSA) is 128 Å². The van der Waals surface area contributed by atoms with E-state index < -0.39 is 58.0 Å². The van der Waals surface area contributed by atoms with Gasteiger partial charge in [0.05, 0.1) is 44.6 Å².